The predicted octanol–water partition coefficient (Wildman–Crippen LogP) is -0.498. The maximum Gasteiger partial charge on any atom is 0.254 e. The highest BCUT2D eigenvalue weighted by molar-refractivity contribution is 5.67. The molecule has 0 aromatic carbocycles. The summed E-state index contributed by atoms with van der Waals surface area (Å²) in [6.07, 6.45) is 5.16. The van der Waals surface area contributed by atoms with Crippen LogP contribution >= 0.6 is 0 Å². The Bertz CT molecular complexity index is 430. The van der Waals surface area contributed by atoms with E-state index in [2.05, 4.69) is 4.98 Å². The smallest absolute Gasteiger partial charge is 0.254 e. The van der Waals surface area contributed by atoms with E-state index in [4.69, 9.17) is 0 Å². The fraction of sp³-hybridized carbons (Fsp3) is 0. The van der Waals surface area contributed by atoms with Crippen molar-refractivity contribution in [2.45, 2.75) is 0 Å². The van der Waals surface area contributed by atoms with Crippen molar-refractivity contribution in [1.29, 1.82) is 0 Å². The van der Waals surface area contributed by atoms with Crippen LogP contribution in [-0.4, -0.2) is 4.98 Å². The summed E-state index contributed by atoms with van der Waals surface area (Å²) >= 11 is 0. The molecular formula is C7H5N3O2. The quantitative estimate of drug-likeness (QED) is 0.388. The van der Waals surface area contributed by atoms with Crippen LogP contribution in [0.2, 0.25) is 0 Å². The fourth-order valence-corrected chi connectivity index (χ4v) is 0.999. The largest absolute Gasteiger partial charge is 0.619 e. The zero-order chi connectivity index (χ0) is 8.55. The summed E-state index contributed by atoms with van der Waals surface area (Å²) < 4.78 is 1.28. The van der Waals surface area contributed by atoms with E-state index in [0.29, 0.717) is 20.5 Å². The van der Waals surface area contributed by atoms with E-state index in [1.807, 2.05) is 0 Å². The summed E-state index contributed by atoms with van der Waals surface area (Å²) in [6, 6.07) is 1.43. The summed E-state index contributed by atoms with van der Waals surface area (Å²) in [7, 11) is 0. The minimum absolute atomic E-state index is 0.393. The first-order chi connectivity index (χ1) is 5.77. The number of aromatic nitrogens is 3. The molecule has 0 unspecified atom stereocenters. The van der Waals surface area contributed by atoms with Gasteiger partial charge in [-0.05, 0) is 0 Å². The standard InChI is InChI=1S/C7H5N3O2/c11-9-3-1-7-6(5-9)8-2-4-10(7)12/h1-5H. The van der Waals surface area contributed by atoms with Crippen LogP contribution in [0.3, 0.4) is 0 Å². The number of fused-ring (bicyclic) bond motifs is 1. The molecule has 0 saturated heterocycles. The SMILES string of the molecule is [O-][n+]1ccc2c(c1)ncc[n+]2[O-]. The summed E-state index contributed by atoms with van der Waals surface area (Å²) in [6.45, 7) is 0. The van der Waals surface area contributed by atoms with Crippen LogP contribution in [0.5, 0.6) is 0 Å². The van der Waals surface area contributed by atoms with Gasteiger partial charge < -0.3 is 10.4 Å². The molecule has 0 fully saturated rings. The maximum absolute atomic E-state index is 11.1. The lowest BCUT2D eigenvalue weighted by molar-refractivity contribution is -0.607. The van der Waals surface area contributed by atoms with Crippen LogP contribution in [0.1, 0.15) is 0 Å². The molecule has 12 heavy (non-hydrogen) atoms. The molecule has 0 spiro atoms. The number of rotatable bonds is 0. The van der Waals surface area contributed by atoms with Crippen molar-refractivity contribution in [3.05, 3.63) is 41.3 Å². The van der Waals surface area contributed by atoms with Crippen LogP contribution in [0.25, 0.3) is 11.0 Å². The first-order valence-electron chi connectivity index (χ1n) is 3.34. The third kappa shape index (κ3) is 0.914. The van der Waals surface area contributed by atoms with Gasteiger partial charge in [0, 0.05) is 0 Å². The van der Waals surface area contributed by atoms with Gasteiger partial charge in [-0.15, -0.1) is 0 Å². The average molecular weight is 163 g/mol. The van der Waals surface area contributed by atoms with E-state index in [0.717, 1.165) is 0 Å². The molecule has 0 aliphatic rings. The molecule has 0 radical (unpaired) electrons. The number of hydrogen-bond donors (Lipinski definition) is 0. The third-order valence-corrected chi connectivity index (χ3v) is 1.54. The van der Waals surface area contributed by atoms with Crippen LogP contribution < -0.4 is 9.46 Å². The Morgan fingerprint density at radius 3 is 2.92 bits per heavy atom. The number of hydrogen-bond acceptors (Lipinski definition) is 3. The van der Waals surface area contributed by atoms with Crippen LogP contribution in [0, 0.1) is 10.4 Å². The Kier molecular flexibility index (Phi) is 1.30. The van der Waals surface area contributed by atoms with E-state index >= 15 is 0 Å². The average Bonchev–Trinajstić information content (AvgIpc) is 2.04. The van der Waals surface area contributed by atoms with E-state index in [1.54, 1.807) is 0 Å². The van der Waals surface area contributed by atoms with Gasteiger partial charge in [-0.3, -0.25) is 0 Å². The predicted molar refractivity (Wildman–Crippen MR) is 39.7 cm³/mol. The lowest BCUT2D eigenvalue weighted by atomic mass is 10.4. The Balaban J connectivity index is 2.86. The lowest BCUT2D eigenvalue weighted by Crippen LogP contribution is -2.30. The molecule has 2 aromatic heterocycles. The second-order valence-electron chi connectivity index (χ2n) is 2.33. The van der Waals surface area contributed by atoms with Crippen LogP contribution in [-0.2, 0) is 0 Å². The van der Waals surface area contributed by atoms with Crippen molar-refractivity contribution in [1.82, 2.24) is 4.98 Å². The zero-order valence-electron chi connectivity index (χ0n) is 6.04. The van der Waals surface area contributed by atoms with Gasteiger partial charge in [0.1, 0.15) is 0 Å². The van der Waals surface area contributed by atoms with Gasteiger partial charge in [-0.25, -0.2) is 4.98 Å². The van der Waals surface area contributed by atoms with Crippen molar-refractivity contribution in [2.75, 3.05) is 0 Å². The molecule has 0 atom stereocenters. The molecule has 2 heterocycles. The summed E-state index contributed by atoms with van der Waals surface area (Å²) in [5.74, 6) is 0. The Morgan fingerprint density at radius 2 is 2.08 bits per heavy atom. The molecule has 60 valence electrons. The van der Waals surface area contributed by atoms with E-state index in [-0.39, 0.29) is 0 Å². The molecule has 2 rings (SSSR count). The van der Waals surface area contributed by atoms with Crippen LogP contribution in [0.15, 0.2) is 30.9 Å². The Morgan fingerprint density at radius 1 is 1.25 bits per heavy atom. The Labute approximate surface area is 67.7 Å². The van der Waals surface area contributed by atoms with E-state index in [9.17, 15) is 10.4 Å². The van der Waals surface area contributed by atoms with Crippen molar-refractivity contribution < 1.29 is 9.46 Å². The molecule has 0 N–H and O–H groups in total. The Hall–Kier alpha value is -1.91. The van der Waals surface area contributed by atoms with Gasteiger partial charge in [0.25, 0.3) is 5.52 Å². The molecular weight excluding hydrogens is 158 g/mol. The second kappa shape index (κ2) is 2.30. The molecule has 2 aromatic rings. The monoisotopic (exact) mass is 163 g/mol. The molecule has 0 amide bonds. The van der Waals surface area contributed by atoms with Crippen molar-refractivity contribution >= 4 is 11.0 Å². The maximum atomic E-state index is 11.1. The van der Waals surface area contributed by atoms with Crippen molar-refractivity contribution in [2.24, 2.45) is 0 Å². The van der Waals surface area contributed by atoms with Gasteiger partial charge in [-0.2, -0.15) is 9.46 Å². The first-order valence-corrected chi connectivity index (χ1v) is 3.34. The molecule has 0 aliphatic carbocycles. The highest BCUT2D eigenvalue weighted by atomic mass is 16.5. The van der Waals surface area contributed by atoms with E-state index in [1.165, 1.54) is 30.9 Å². The van der Waals surface area contributed by atoms with Gasteiger partial charge in [0.2, 0.25) is 11.7 Å². The minimum atomic E-state index is 0.393. The second-order valence-corrected chi connectivity index (χ2v) is 2.33. The van der Waals surface area contributed by atoms with Gasteiger partial charge in [-0.1, -0.05) is 0 Å². The number of pyridine rings is 1. The molecule has 0 aliphatic heterocycles. The summed E-state index contributed by atoms with van der Waals surface area (Å²) in [5.41, 5.74) is 0.787. The first kappa shape index (κ1) is 6.78. The topological polar surface area (TPSA) is 66.8 Å². The van der Waals surface area contributed by atoms with Crippen LogP contribution in [0.4, 0.5) is 0 Å². The fourth-order valence-electron chi connectivity index (χ4n) is 0.999. The van der Waals surface area contributed by atoms with Crippen molar-refractivity contribution in [3.8, 4) is 0 Å². The number of nitrogens with zero attached hydrogens (tertiary/aromatic N) is 3. The molecule has 5 heteroatoms. The highest BCUT2D eigenvalue weighted by Gasteiger charge is 2.05. The third-order valence-electron chi connectivity index (χ3n) is 1.54. The minimum Gasteiger partial charge on any atom is -0.619 e. The highest BCUT2D eigenvalue weighted by Crippen LogP contribution is 1.99. The van der Waals surface area contributed by atoms with Gasteiger partial charge >= 0.3 is 0 Å². The van der Waals surface area contributed by atoms with E-state index < -0.39 is 0 Å². The molecule has 0 bridgehead atoms. The van der Waals surface area contributed by atoms with Gasteiger partial charge in [0.15, 0.2) is 12.4 Å². The normalized spacial score (nSPS) is 10.3. The zero-order valence-corrected chi connectivity index (χ0v) is 6.04. The molecule has 5 nitrogen and oxygen atoms in total. The summed E-state index contributed by atoms with van der Waals surface area (Å²) in [5, 5.41) is 21.8. The van der Waals surface area contributed by atoms with Crippen molar-refractivity contribution in [3.63, 3.8) is 0 Å². The summed E-state index contributed by atoms with van der Waals surface area (Å²) in [4.78, 5) is 3.86. The van der Waals surface area contributed by atoms with Gasteiger partial charge in [0.05, 0.1) is 12.3 Å². The molecule has 0 saturated carbocycles. The lowest BCUT2D eigenvalue weighted by Gasteiger charge is -1.99.